The minimum atomic E-state index is -0.875. The van der Waals surface area contributed by atoms with Crippen LogP contribution in [0.2, 0.25) is 0 Å². The normalized spacial score (nSPS) is 14.5. The SMILES string of the molecule is CCCCN1Cc2cccc(NC(=O)CC(C)(C)CC(=O)O)c2C1. The quantitative estimate of drug-likeness (QED) is 0.762. The van der Waals surface area contributed by atoms with Gasteiger partial charge in [-0.25, -0.2) is 0 Å². The van der Waals surface area contributed by atoms with E-state index in [2.05, 4.69) is 23.2 Å². The molecule has 1 heterocycles. The Morgan fingerprint density at radius 3 is 2.67 bits per heavy atom. The first-order chi connectivity index (χ1) is 11.3. The molecule has 0 fully saturated rings. The van der Waals surface area contributed by atoms with Gasteiger partial charge in [-0.1, -0.05) is 39.3 Å². The highest BCUT2D eigenvalue weighted by atomic mass is 16.4. The molecule has 1 aliphatic rings. The molecule has 0 radical (unpaired) electrons. The van der Waals surface area contributed by atoms with Crippen LogP contribution >= 0.6 is 0 Å². The van der Waals surface area contributed by atoms with Crippen LogP contribution in [0, 0.1) is 5.41 Å². The van der Waals surface area contributed by atoms with Crippen LogP contribution in [0.1, 0.15) is 57.6 Å². The predicted molar refractivity (Wildman–Crippen MR) is 94.7 cm³/mol. The zero-order valence-electron chi connectivity index (χ0n) is 14.9. The van der Waals surface area contributed by atoms with Crippen LogP contribution in [-0.2, 0) is 22.7 Å². The molecular weight excluding hydrogens is 304 g/mol. The first kappa shape index (κ1) is 18.5. The summed E-state index contributed by atoms with van der Waals surface area (Å²) in [4.78, 5) is 25.6. The van der Waals surface area contributed by atoms with Crippen molar-refractivity contribution in [2.24, 2.45) is 5.41 Å². The molecule has 0 aromatic heterocycles. The van der Waals surface area contributed by atoms with E-state index < -0.39 is 11.4 Å². The Hall–Kier alpha value is -1.88. The molecule has 0 unspecified atom stereocenters. The van der Waals surface area contributed by atoms with Crippen molar-refractivity contribution < 1.29 is 14.7 Å². The predicted octanol–water partition coefficient (Wildman–Crippen LogP) is 3.63. The molecule has 2 rings (SSSR count). The summed E-state index contributed by atoms with van der Waals surface area (Å²) < 4.78 is 0. The van der Waals surface area contributed by atoms with Gasteiger partial charge in [0.05, 0.1) is 6.42 Å². The van der Waals surface area contributed by atoms with Crippen molar-refractivity contribution in [1.29, 1.82) is 0 Å². The van der Waals surface area contributed by atoms with Crippen LogP contribution in [0.25, 0.3) is 0 Å². The molecule has 24 heavy (non-hydrogen) atoms. The van der Waals surface area contributed by atoms with Crippen molar-refractivity contribution in [3.63, 3.8) is 0 Å². The van der Waals surface area contributed by atoms with Gasteiger partial charge >= 0.3 is 5.97 Å². The number of nitrogens with zero attached hydrogens (tertiary/aromatic N) is 1. The topological polar surface area (TPSA) is 69.6 Å². The van der Waals surface area contributed by atoms with Gasteiger partial charge in [-0.15, -0.1) is 0 Å². The molecule has 132 valence electrons. The third kappa shape index (κ3) is 5.06. The van der Waals surface area contributed by atoms with Crippen LogP contribution in [0.4, 0.5) is 5.69 Å². The number of carboxylic acids is 1. The van der Waals surface area contributed by atoms with E-state index in [0.717, 1.165) is 25.3 Å². The summed E-state index contributed by atoms with van der Waals surface area (Å²) in [5.41, 5.74) is 2.77. The van der Waals surface area contributed by atoms with Gasteiger partial charge in [0.15, 0.2) is 0 Å². The number of anilines is 1. The van der Waals surface area contributed by atoms with E-state index in [1.165, 1.54) is 24.0 Å². The zero-order valence-corrected chi connectivity index (χ0v) is 14.9. The summed E-state index contributed by atoms with van der Waals surface area (Å²) >= 11 is 0. The second-order valence-electron chi connectivity index (χ2n) is 7.47. The monoisotopic (exact) mass is 332 g/mol. The fourth-order valence-corrected chi connectivity index (χ4v) is 3.25. The molecule has 0 spiro atoms. The number of carbonyl (C=O) groups is 2. The lowest BCUT2D eigenvalue weighted by atomic mass is 9.85. The Bertz CT molecular complexity index is 611. The Kier molecular flexibility index (Phi) is 5.99. The Balaban J connectivity index is 2.01. The van der Waals surface area contributed by atoms with E-state index in [-0.39, 0.29) is 18.7 Å². The van der Waals surface area contributed by atoms with E-state index >= 15 is 0 Å². The van der Waals surface area contributed by atoms with Gasteiger partial charge in [0.2, 0.25) is 5.91 Å². The average molecular weight is 332 g/mol. The molecule has 1 aliphatic heterocycles. The number of carboxylic acid groups (broad SMARTS) is 1. The minimum absolute atomic E-state index is 0.0158. The second-order valence-corrected chi connectivity index (χ2v) is 7.47. The molecule has 0 atom stereocenters. The van der Waals surface area contributed by atoms with Gasteiger partial charge in [0.1, 0.15) is 0 Å². The number of nitrogens with one attached hydrogen (secondary N) is 1. The van der Waals surface area contributed by atoms with Crippen LogP contribution in [0.15, 0.2) is 18.2 Å². The maximum absolute atomic E-state index is 12.3. The standard InChI is InChI=1S/C19H28N2O3/c1-4-5-9-21-12-14-7-6-8-16(15(14)13-21)20-17(22)10-19(2,3)11-18(23)24/h6-8H,4-5,9-13H2,1-3H3,(H,20,22)(H,23,24). The van der Waals surface area contributed by atoms with E-state index in [4.69, 9.17) is 5.11 Å². The molecule has 1 amide bonds. The summed E-state index contributed by atoms with van der Waals surface area (Å²) in [6.07, 6.45) is 2.54. The number of hydrogen-bond acceptors (Lipinski definition) is 3. The van der Waals surface area contributed by atoms with Crippen LogP contribution in [0.5, 0.6) is 0 Å². The third-order valence-corrected chi connectivity index (χ3v) is 4.42. The Labute approximate surface area is 144 Å². The van der Waals surface area contributed by atoms with Gasteiger partial charge in [0, 0.05) is 25.2 Å². The van der Waals surface area contributed by atoms with E-state index in [9.17, 15) is 9.59 Å². The van der Waals surface area contributed by atoms with Crippen molar-refractivity contribution in [1.82, 2.24) is 4.90 Å². The van der Waals surface area contributed by atoms with Gasteiger partial charge in [0.25, 0.3) is 0 Å². The molecule has 0 saturated carbocycles. The number of hydrogen-bond donors (Lipinski definition) is 2. The number of fused-ring (bicyclic) bond motifs is 1. The number of amides is 1. The largest absolute Gasteiger partial charge is 0.481 e. The maximum atomic E-state index is 12.3. The molecule has 1 aromatic carbocycles. The lowest BCUT2D eigenvalue weighted by Gasteiger charge is -2.22. The van der Waals surface area contributed by atoms with Crippen LogP contribution < -0.4 is 5.32 Å². The zero-order chi connectivity index (χ0) is 17.7. The van der Waals surface area contributed by atoms with Crippen LogP contribution in [-0.4, -0.2) is 28.4 Å². The fourth-order valence-electron chi connectivity index (χ4n) is 3.25. The molecule has 2 N–H and O–H groups in total. The number of unbranched alkanes of at least 4 members (excludes halogenated alkanes) is 1. The second kappa shape index (κ2) is 7.79. The lowest BCUT2D eigenvalue weighted by molar-refractivity contribution is -0.139. The number of rotatable bonds is 8. The molecule has 0 bridgehead atoms. The highest BCUT2D eigenvalue weighted by Gasteiger charge is 2.26. The number of carbonyl (C=O) groups excluding carboxylic acids is 1. The van der Waals surface area contributed by atoms with Gasteiger partial charge in [-0.3, -0.25) is 14.5 Å². The Morgan fingerprint density at radius 2 is 2.00 bits per heavy atom. The third-order valence-electron chi connectivity index (χ3n) is 4.42. The van der Waals surface area contributed by atoms with Crippen molar-refractivity contribution in [3.05, 3.63) is 29.3 Å². The van der Waals surface area contributed by atoms with E-state index in [1.807, 2.05) is 26.0 Å². The first-order valence-corrected chi connectivity index (χ1v) is 8.65. The summed E-state index contributed by atoms with van der Waals surface area (Å²) in [7, 11) is 0. The highest BCUT2D eigenvalue weighted by Crippen LogP contribution is 2.31. The summed E-state index contributed by atoms with van der Waals surface area (Å²) in [5, 5.41) is 11.9. The summed E-state index contributed by atoms with van der Waals surface area (Å²) in [6.45, 7) is 8.68. The van der Waals surface area contributed by atoms with Crippen molar-refractivity contribution in [3.8, 4) is 0 Å². The number of aliphatic carboxylic acids is 1. The lowest BCUT2D eigenvalue weighted by Crippen LogP contribution is -2.25. The van der Waals surface area contributed by atoms with E-state index in [1.54, 1.807) is 0 Å². The van der Waals surface area contributed by atoms with Gasteiger partial charge in [-0.05, 0) is 35.6 Å². The number of benzene rings is 1. The van der Waals surface area contributed by atoms with Gasteiger partial charge < -0.3 is 10.4 Å². The summed E-state index contributed by atoms with van der Waals surface area (Å²) in [5.74, 6) is -0.998. The van der Waals surface area contributed by atoms with Crippen molar-refractivity contribution >= 4 is 17.6 Å². The molecule has 5 heteroatoms. The average Bonchev–Trinajstić information content (AvgIpc) is 2.86. The molecular formula is C19H28N2O3. The summed E-state index contributed by atoms with van der Waals surface area (Å²) in [6, 6.07) is 6.02. The molecule has 0 saturated heterocycles. The van der Waals surface area contributed by atoms with Crippen LogP contribution in [0.3, 0.4) is 0 Å². The first-order valence-electron chi connectivity index (χ1n) is 8.65. The smallest absolute Gasteiger partial charge is 0.303 e. The van der Waals surface area contributed by atoms with Gasteiger partial charge in [-0.2, -0.15) is 0 Å². The fraction of sp³-hybridized carbons (Fsp3) is 0.579. The molecule has 0 aliphatic carbocycles. The maximum Gasteiger partial charge on any atom is 0.303 e. The Morgan fingerprint density at radius 1 is 1.25 bits per heavy atom. The van der Waals surface area contributed by atoms with E-state index in [0.29, 0.717) is 0 Å². The minimum Gasteiger partial charge on any atom is -0.481 e. The van der Waals surface area contributed by atoms with Crippen molar-refractivity contribution in [2.45, 2.75) is 59.5 Å². The highest BCUT2D eigenvalue weighted by molar-refractivity contribution is 5.92. The molecule has 5 nitrogen and oxygen atoms in total. The molecule has 1 aromatic rings. The van der Waals surface area contributed by atoms with Crippen molar-refractivity contribution in [2.75, 3.05) is 11.9 Å².